The molecule has 0 unspecified atom stereocenters. The predicted octanol–water partition coefficient (Wildman–Crippen LogP) is 2.52. The molecule has 70 valence electrons. The van der Waals surface area contributed by atoms with Gasteiger partial charge in [-0.2, -0.15) is 0 Å². The van der Waals surface area contributed by atoms with Crippen molar-refractivity contribution in [2.24, 2.45) is 0 Å². The minimum atomic E-state index is -1.03. The topological polar surface area (TPSA) is 37.3 Å². The van der Waals surface area contributed by atoms with E-state index in [1.54, 1.807) is 19.1 Å². The maximum Gasteiger partial charge on any atom is 0.307 e. The quantitative estimate of drug-likeness (QED) is 0.871. The minimum Gasteiger partial charge on any atom is -0.481 e. The van der Waals surface area contributed by atoms with Crippen LogP contribution in [0.2, 0.25) is 0 Å². The lowest BCUT2D eigenvalue weighted by molar-refractivity contribution is -0.136. The number of aliphatic carboxylic acids is 1. The van der Waals surface area contributed by atoms with Crippen molar-refractivity contribution in [3.8, 4) is 0 Å². The number of carboxylic acid groups (broad SMARTS) is 1. The second-order valence-electron chi connectivity index (χ2n) is 2.73. The average Bonchev–Trinajstić information content (AvgIpc) is 2.05. The Hall–Kier alpha value is -0.900. The Morgan fingerprint density at radius 1 is 1.62 bits per heavy atom. The van der Waals surface area contributed by atoms with Crippen LogP contribution in [-0.4, -0.2) is 11.1 Å². The van der Waals surface area contributed by atoms with E-state index in [4.69, 9.17) is 5.11 Å². The predicted molar refractivity (Wildman–Crippen MR) is 50.2 cm³/mol. The van der Waals surface area contributed by atoms with Crippen molar-refractivity contribution in [1.29, 1.82) is 0 Å². The summed E-state index contributed by atoms with van der Waals surface area (Å²) in [4.78, 5) is 10.4. The monoisotopic (exact) mass is 246 g/mol. The third kappa shape index (κ3) is 2.28. The van der Waals surface area contributed by atoms with Gasteiger partial charge in [-0.15, -0.1) is 0 Å². The van der Waals surface area contributed by atoms with Crippen LogP contribution < -0.4 is 0 Å². The molecule has 0 radical (unpaired) electrons. The van der Waals surface area contributed by atoms with Crippen molar-refractivity contribution in [3.63, 3.8) is 0 Å². The first-order valence-electron chi connectivity index (χ1n) is 3.67. The Morgan fingerprint density at radius 3 is 2.77 bits per heavy atom. The van der Waals surface area contributed by atoms with Gasteiger partial charge in [0.2, 0.25) is 0 Å². The molecule has 0 fully saturated rings. The number of aryl methyl sites for hydroxylation is 1. The van der Waals surface area contributed by atoms with Crippen LogP contribution in [0.25, 0.3) is 0 Å². The molecule has 0 spiro atoms. The van der Waals surface area contributed by atoms with Crippen molar-refractivity contribution >= 4 is 21.9 Å². The number of hydrogen-bond donors (Lipinski definition) is 1. The molecular weight excluding hydrogens is 239 g/mol. The highest BCUT2D eigenvalue weighted by atomic mass is 79.9. The maximum atomic E-state index is 13.3. The van der Waals surface area contributed by atoms with Crippen LogP contribution in [0.15, 0.2) is 16.6 Å². The maximum absolute atomic E-state index is 13.3. The zero-order valence-corrected chi connectivity index (χ0v) is 8.56. The van der Waals surface area contributed by atoms with Gasteiger partial charge in [0.1, 0.15) is 5.82 Å². The third-order valence-corrected chi connectivity index (χ3v) is 2.37. The van der Waals surface area contributed by atoms with E-state index in [9.17, 15) is 9.18 Å². The van der Waals surface area contributed by atoms with Gasteiger partial charge in [0, 0.05) is 5.56 Å². The number of carbonyl (C=O) groups is 1. The van der Waals surface area contributed by atoms with Crippen LogP contribution >= 0.6 is 15.9 Å². The fourth-order valence-electron chi connectivity index (χ4n) is 1.06. The second-order valence-corrected chi connectivity index (χ2v) is 3.58. The van der Waals surface area contributed by atoms with E-state index in [0.717, 1.165) is 0 Å². The van der Waals surface area contributed by atoms with Crippen LogP contribution in [-0.2, 0) is 11.2 Å². The number of rotatable bonds is 2. The fraction of sp³-hybridized carbons (Fsp3) is 0.222. The summed E-state index contributed by atoms with van der Waals surface area (Å²) in [6, 6.07) is 3.25. The largest absolute Gasteiger partial charge is 0.481 e. The lowest BCUT2D eigenvalue weighted by Crippen LogP contribution is -2.05. The third-order valence-electron chi connectivity index (χ3n) is 1.76. The Labute approximate surface area is 83.5 Å². The molecule has 4 heteroatoms. The molecular formula is C9H8BrFO2. The Kier molecular flexibility index (Phi) is 3.03. The average molecular weight is 247 g/mol. The van der Waals surface area contributed by atoms with E-state index < -0.39 is 11.8 Å². The van der Waals surface area contributed by atoms with Gasteiger partial charge in [-0.3, -0.25) is 4.79 Å². The first-order valence-corrected chi connectivity index (χ1v) is 4.47. The summed E-state index contributed by atoms with van der Waals surface area (Å²) in [6.45, 7) is 1.69. The van der Waals surface area contributed by atoms with E-state index in [1.165, 1.54) is 0 Å². The fourth-order valence-corrected chi connectivity index (χ4v) is 1.43. The molecule has 0 heterocycles. The van der Waals surface area contributed by atoms with Crippen LogP contribution in [0.1, 0.15) is 11.1 Å². The molecule has 0 aliphatic rings. The number of carboxylic acids is 1. The molecule has 2 nitrogen and oxygen atoms in total. The SMILES string of the molecule is Cc1ccc(Br)c(F)c1CC(=O)O. The van der Waals surface area contributed by atoms with Gasteiger partial charge in [0.05, 0.1) is 10.9 Å². The first-order chi connectivity index (χ1) is 6.02. The highest BCUT2D eigenvalue weighted by molar-refractivity contribution is 9.10. The molecule has 0 amide bonds. The molecule has 1 N–H and O–H groups in total. The minimum absolute atomic E-state index is 0.238. The van der Waals surface area contributed by atoms with Gasteiger partial charge in [-0.1, -0.05) is 6.07 Å². The van der Waals surface area contributed by atoms with Gasteiger partial charge >= 0.3 is 5.97 Å². The lowest BCUT2D eigenvalue weighted by Gasteiger charge is -2.05. The summed E-state index contributed by atoms with van der Waals surface area (Å²) in [6.07, 6.45) is -0.281. The van der Waals surface area contributed by atoms with E-state index in [1.807, 2.05) is 0 Å². The highest BCUT2D eigenvalue weighted by Gasteiger charge is 2.12. The van der Waals surface area contributed by atoms with Crippen molar-refractivity contribution in [3.05, 3.63) is 33.5 Å². The normalized spacial score (nSPS) is 10.1. The number of hydrogen-bond acceptors (Lipinski definition) is 1. The number of halogens is 2. The van der Waals surface area contributed by atoms with Crippen LogP contribution in [0.4, 0.5) is 4.39 Å². The smallest absolute Gasteiger partial charge is 0.307 e. The lowest BCUT2D eigenvalue weighted by atomic mass is 10.1. The summed E-state index contributed by atoms with van der Waals surface area (Å²) in [7, 11) is 0. The van der Waals surface area contributed by atoms with Gasteiger partial charge in [0.25, 0.3) is 0 Å². The standard InChI is InChI=1S/C9H8BrFO2/c1-5-2-3-7(10)9(11)6(5)4-8(12)13/h2-3H,4H2,1H3,(H,12,13). The van der Waals surface area contributed by atoms with Gasteiger partial charge < -0.3 is 5.11 Å². The van der Waals surface area contributed by atoms with E-state index in [2.05, 4.69) is 15.9 Å². The Balaban J connectivity index is 3.17. The van der Waals surface area contributed by atoms with Crippen molar-refractivity contribution < 1.29 is 14.3 Å². The summed E-state index contributed by atoms with van der Waals surface area (Å²) < 4.78 is 13.6. The van der Waals surface area contributed by atoms with E-state index in [0.29, 0.717) is 10.0 Å². The Morgan fingerprint density at radius 2 is 2.23 bits per heavy atom. The highest BCUT2D eigenvalue weighted by Crippen LogP contribution is 2.22. The molecule has 0 saturated heterocycles. The molecule has 13 heavy (non-hydrogen) atoms. The van der Waals surface area contributed by atoms with Crippen molar-refractivity contribution in [2.45, 2.75) is 13.3 Å². The molecule has 0 atom stereocenters. The van der Waals surface area contributed by atoms with Crippen molar-refractivity contribution in [1.82, 2.24) is 0 Å². The Bertz CT molecular complexity index is 350. The van der Waals surface area contributed by atoms with E-state index in [-0.39, 0.29) is 12.0 Å². The summed E-state index contributed by atoms with van der Waals surface area (Å²) >= 11 is 3.00. The van der Waals surface area contributed by atoms with Crippen LogP contribution in [0.3, 0.4) is 0 Å². The molecule has 0 aromatic heterocycles. The molecule has 0 aliphatic heterocycles. The van der Waals surface area contributed by atoms with Gasteiger partial charge in [-0.05, 0) is 34.5 Å². The molecule has 1 aromatic rings. The zero-order chi connectivity index (χ0) is 10.0. The molecule has 0 saturated carbocycles. The zero-order valence-electron chi connectivity index (χ0n) is 6.97. The van der Waals surface area contributed by atoms with Crippen LogP contribution in [0.5, 0.6) is 0 Å². The number of benzene rings is 1. The van der Waals surface area contributed by atoms with Crippen molar-refractivity contribution in [2.75, 3.05) is 0 Å². The van der Waals surface area contributed by atoms with Gasteiger partial charge in [0.15, 0.2) is 0 Å². The molecule has 0 aliphatic carbocycles. The first kappa shape index (κ1) is 10.2. The van der Waals surface area contributed by atoms with Gasteiger partial charge in [-0.25, -0.2) is 4.39 Å². The molecule has 0 bridgehead atoms. The second kappa shape index (κ2) is 3.87. The summed E-state index contributed by atoms with van der Waals surface area (Å²) in [5, 5.41) is 8.52. The summed E-state index contributed by atoms with van der Waals surface area (Å²) in [5.41, 5.74) is 0.893. The van der Waals surface area contributed by atoms with Crippen LogP contribution in [0, 0.1) is 12.7 Å². The van der Waals surface area contributed by atoms with E-state index >= 15 is 0 Å². The molecule has 1 aromatic carbocycles. The molecule has 1 rings (SSSR count). The summed E-state index contributed by atoms with van der Waals surface area (Å²) in [5.74, 6) is -1.51.